The van der Waals surface area contributed by atoms with Crippen molar-refractivity contribution in [2.45, 2.75) is 71.3 Å². The SMILES string of the molecule is CC1CC2C3C(=CCC2(C)C12CCC(=O)O2)C1(C)CCC(=O)C=C1CC3C#N. The molecule has 1 aliphatic heterocycles. The molecule has 0 aromatic rings. The summed E-state index contributed by atoms with van der Waals surface area (Å²) in [7, 11) is 0. The van der Waals surface area contributed by atoms with E-state index in [0.717, 1.165) is 31.3 Å². The second-order valence-electron chi connectivity index (χ2n) is 10.3. The molecule has 148 valence electrons. The molecule has 3 fully saturated rings. The molecular formula is C24H29NO3. The summed E-state index contributed by atoms with van der Waals surface area (Å²) in [5.41, 5.74) is 1.98. The Bertz CT molecular complexity index is 879. The van der Waals surface area contributed by atoms with Gasteiger partial charge in [0.1, 0.15) is 5.60 Å². The predicted octanol–water partition coefficient (Wildman–Crippen LogP) is 4.51. The molecule has 0 radical (unpaired) electrons. The lowest BCUT2D eigenvalue weighted by Gasteiger charge is -2.56. The van der Waals surface area contributed by atoms with Crippen LogP contribution in [-0.4, -0.2) is 17.4 Å². The summed E-state index contributed by atoms with van der Waals surface area (Å²) in [6.07, 6.45) is 9.60. The van der Waals surface area contributed by atoms with E-state index < -0.39 is 0 Å². The van der Waals surface area contributed by atoms with Gasteiger partial charge in [0.25, 0.3) is 0 Å². The summed E-state index contributed by atoms with van der Waals surface area (Å²) in [6, 6.07) is 2.60. The minimum Gasteiger partial charge on any atom is -0.458 e. The van der Waals surface area contributed by atoms with E-state index >= 15 is 0 Å². The first-order valence-corrected chi connectivity index (χ1v) is 10.8. The molecule has 7 unspecified atom stereocenters. The maximum Gasteiger partial charge on any atom is 0.306 e. The summed E-state index contributed by atoms with van der Waals surface area (Å²) < 4.78 is 6.08. The van der Waals surface area contributed by atoms with Crippen LogP contribution in [0.2, 0.25) is 0 Å². The monoisotopic (exact) mass is 379 g/mol. The van der Waals surface area contributed by atoms with Crippen LogP contribution in [0.15, 0.2) is 23.3 Å². The molecule has 7 atom stereocenters. The molecule has 2 saturated carbocycles. The van der Waals surface area contributed by atoms with Crippen LogP contribution in [0.3, 0.4) is 0 Å². The van der Waals surface area contributed by atoms with Crippen LogP contribution >= 0.6 is 0 Å². The Kier molecular flexibility index (Phi) is 3.62. The average molecular weight is 380 g/mol. The number of nitrogens with zero attached hydrogens (tertiary/aromatic N) is 1. The minimum absolute atomic E-state index is 0.0630. The smallest absolute Gasteiger partial charge is 0.306 e. The minimum atomic E-state index is -0.379. The fraction of sp³-hybridized carbons (Fsp3) is 0.708. The number of ether oxygens (including phenoxy) is 1. The van der Waals surface area contributed by atoms with Crippen LogP contribution in [0.4, 0.5) is 0 Å². The number of fused-ring (bicyclic) bond motifs is 6. The summed E-state index contributed by atoms with van der Waals surface area (Å²) >= 11 is 0. The van der Waals surface area contributed by atoms with Crippen LogP contribution in [0.25, 0.3) is 0 Å². The zero-order valence-electron chi connectivity index (χ0n) is 17.1. The largest absolute Gasteiger partial charge is 0.458 e. The summed E-state index contributed by atoms with van der Waals surface area (Å²) in [5.74, 6) is 0.927. The van der Waals surface area contributed by atoms with E-state index in [2.05, 4.69) is 32.9 Å². The maximum absolute atomic E-state index is 12.1. The highest BCUT2D eigenvalue weighted by atomic mass is 16.6. The fourth-order valence-electron chi connectivity index (χ4n) is 7.75. The van der Waals surface area contributed by atoms with Gasteiger partial charge >= 0.3 is 5.97 Å². The van der Waals surface area contributed by atoms with E-state index in [9.17, 15) is 14.9 Å². The number of nitriles is 1. The Labute approximate surface area is 167 Å². The maximum atomic E-state index is 12.1. The highest BCUT2D eigenvalue weighted by Crippen LogP contribution is 2.70. The van der Waals surface area contributed by atoms with Crippen molar-refractivity contribution in [1.82, 2.24) is 0 Å². The molecule has 4 heteroatoms. The third-order valence-electron chi connectivity index (χ3n) is 9.32. The quantitative estimate of drug-likeness (QED) is 0.459. The van der Waals surface area contributed by atoms with Crippen molar-refractivity contribution in [3.63, 3.8) is 0 Å². The van der Waals surface area contributed by atoms with E-state index in [4.69, 9.17) is 4.74 Å². The summed E-state index contributed by atoms with van der Waals surface area (Å²) in [6.45, 7) is 6.82. The summed E-state index contributed by atoms with van der Waals surface area (Å²) in [5, 5.41) is 10.1. The molecule has 0 aromatic carbocycles. The second kappa shape index (κ2) is 5.59. The number of hydrogen-bond acceptors (Lipinski definition) is 4. The number of carbonyl (C=O) groups is 2. The Hall–Kier alpha value is -1.89. The van der Waals surface area contributed by atoms with Crippen LogP contribution in [0.5, 0.6) is 0 Å². The fourth-order valence-corrected chi connectivity index (χ4v) is 7.75. The van der Waals surface area contributed by atoms with Crippen molar-refractivity contribution in [2.24, 2.45) is 34.5 Å². The molecule has 0 aromatic heterocycles. The van der Waals surface area contributed by atoms with Crippen molar-refractivity contribution in [1.29, 1.82) is 5.26 Å². The topological polar surface area (TPSA) is 67.2 Å². The molecular weight excluding hydrogens is 350 g/mol. The van der Waals surface area contributed by atoms with Gasteiger partial charge in [-0.1, -0.05) is 38.0 Å². The van der Waals surface area contributed by atoms with Gasteiger partial charge in [-0.15, -0.1) is 0 Å². The van der Waals surface area contributed by atoms with Crippen molar-refractivity contribution < 1.29 is 14.3 Å². The first kappa shape index (κ1) is 18.2. The van der Waals surface area contributed by atoms with E-state index in [0.29, 0.717) is 31.1 Å². The average Bonchev–Trinajstić information content (AvgIpc) is 3.16. The lowest BCUT2D eigenvalue weighted by Crippen LogP contribution is -2.53. The van der Waals surface area contributed by atoms with Gasteiger partial charge < -0.3 is 4.74 Å². The normalized spacial score (nSPS) is 49.5. The molecule has 1 spiro atoms. The van der Waals surface area contributed by atoms with Crippen molar-refractivity contribution in [3.05, 3.63) is 23.3 Å². The molecule has 4 aliphatic carbocycles. The van der Waals surface area contributed by atoms with Crippen molar-refractivity contribution >= 4 is 11.8 Å². The van der Waals surface area contributed by atoms with E-state index in [1.54, 1.807) is 0 Å². The molecule has 0 N–H and O–H groups in total. The van der Waals surface area contributed by atoms with E-state index in [-0.39, 0.29) is 40.0 Å². The molecule has 0 amide bonds. The van der Waals surface area contributed by atoms with Crippen LogP contribution in [-0.2, 0) is 14.3 Å². The van der Waals surface area contributed by atoms with Crippen molar-refractivity contribution in [2.75, 3.05) is 0 Å². The van der Waals surface area contributed by atoms with E-state index in [1.807, 2.05) is 6.08 Å². The lowest BCUT2D eigenvalue weighted by molar-refractivity contribution is -0.165. The lowest BCUT2D eigenvalue weighted by atomic mass is 9.48. The molecule has 5 rings (SSSR count). The molecule has 1 saturated heterocycles. The van der Waals surface area contributed by atoms with Crippen LogP contribution in [0.1, 0.15) is 65.7 Å². The first-order valence-electron chi connectivity index (χ1n) is 10.8. The molecule has 4 nitrogen and oxygen atoms in total. The number of hydrogen-bond donors (Lipinski definition) is 0. The molecule has 28 heavy (non-hydrogen) atoms. The summed E-state index contributed by atoms with van der Waals surface area (Å²) in [4.78, 5) is 24.2. The Morgan fingerprint density at radius 1 is 1.21 bits per heavy atom. The van der Waals surface area contributed by atoms with E-state index in [1.165, 1.54) is 5.57 Å². The third-order valence-corrected chi connectivity index (χ3v) is 9.32. The zero-order valence-corrected chi connectivity index (χ0v) is 17.1. The molecule has 0 bridgehead atoms. The van der Waals surface area contributed by atoms with Gasteiger partial charge in [-0.3, -0.25) is 9.59 Å². The first-order chi connectivity index (χ1) is 13.2. The standard InChI is InChI=1S/C24H29NO3/c1-14-10-19-21-15(13-25)11-16-12-17(26)4-7-22(16,2)18(21)5-8-23(19,3)24(14)9-6-20(27)28-24/h5,12,14-15,19,21H,4,6-11H2,1-3H3. The van der Waals surface area contributed by atoms with Crippen LogP contribution in [0, 0.1) is 45.8 Å². The number of allylic oxidation sites excluding steroid dienone is 4. The molecule has 5 aliphatic rings. The zero-order chi connectivity index (χ0) is 19.9. The number of esters is 1. The van der Waals surface area contributed by atoms with Gasteiger partial charge in [0, 0.05) is 29.6 Å². The van der Waals surface area contributed by atoms with Crippen molar-refractivity contribution in [3.8, 4) is 6.07 Å². The Morgan fingerprint density at radius 3 is 2.68 bits per heavy atom. The number of rotatable bonds is 0. The van der Waals surface area contributed by atoms with Gasteiger partial charge in [-0.05, 0) is 50.0 Å². The van der Waals surface area contributed by atoms with Gasteiger partial charge in [-0.25, -0.2) is 0 Å². The van der Waals surface area contributed by atoms with Gasteiger partial charge in [0.15, 0.2) is 5.78 Å². The Balaban J connectivity index is 1.64. The number of ketones is 1. The molecule has 1 heterocycles. The van der Waals surface area contributed by atoms with Gasteiger partial charge in [0.05, 0.1) is 12.0 Å². The second-order valence-corrected chi connectivity index (χ2v) is 10.3. The van der Waals surface area contributed by atoms with Crippen LogP contribution < -0.4 is 0 Å². The van der Waals surface area contributed by atoms with Gasteiger partial charge in [-0.2, -0.15) is 5.26 Å². The third kappa shape index (κ3) is 2.01. The predicted molar refractivity (Wildman–Crippen MR) is 104 cm³/mol. The highest BCUT2D eigenvalue weighted by Gasteiger charge is 2.69. The highest BCUT2D eigenvalue weighted by molar-refractivity contribution is 5.92. The Morgan fingerprint density at radius 2 is 2.00 bits per heavy atom. The van der Waals surface area contributed by atoms with Gasteiger partial charge in [0.2, 0.25) is 0 Å². The number of carbonyl (C=O) groups excluding carboxylic acids is 2.